The lowest BCUT2D eigenvalue weighted by Gasteiger charge is -2.20. The smallest absolute Gasteiger partial charge is 0.293 e. The molecule has 0 bridgehead atoms. The Morgan fingerprint density at radius 1 is 1.28 bits per heavy atom. The number of amides is 1. The number of nitrogens with two attached hydrogens (primary N) is 1. The lowest BCUT2D eigenvalue weighted by atomic mass is 10.2. The third-order valence-electron chi connectivity index (χ3n) is 2.47. The maximum absolute atomic E-state index is 12.9. The van der Waals surface area contributed by atoms with E-state index in [1.165, 1.54) is 35.4 Å². The Labute approximate surface area is 104 Å². The molecular formula is C13H13FN2O2. The molecule has 0 radical (unpaired) electrons. The number of benzene rings is 1. The van der Waals surface area contributed by atoms with E-state index in [-0.39, 0.29) is 17.5 Å². The van der Waals surface area contributed by atoms with Gasteiger partial charge in [-0.2, -0.15) is 0 Å². The van der Waals surface area contributed by atoms with Crippen LogP contribution in [0.25, 0.3) is 0 Å². The van der Waals surface area contributed by atoms with Crippen molar-refractivity contribution in [2.45, 2.75) is 0 Å². The summed E-state index contributed by atoms with van der Waals surface area (Å²) in [6, 6.07) is 8.88. The molecule has 1 heterocycles. The average molecular weight is 248 g/mol. The molecule has 0 fully saturated rings. The van der Waals surface area contributed by atoms with Gasteiger partial charge in [-0.25, -0.2) is 4.39 Å². The molecule has 2 aromatic rings. The van der Waals surface area contributed by atoms with Gasteiger partial charge in [0.15, 0.2) is 5.76 Å². The molecule has 0 aliphatic rings. The van der Waals surface area contributed by atoms with Crippen LogP contribution in [0.1, 0.15) is 10.6 Å². The quantitative estimate of drug-likeness (QED) is 0.900. The highest BCUT2D eigenvalue weighted by Gasteiger charge is 2.19. The van der Waals surface area contributed by atoms with Gasteiger partial charge in [-0.15, -0.1) is 0 Å². The van der Waals surface area contributed by atoms with Crippen molar-refractivity contribution >= 4 is 11.6 Å². The van der Waals surface area contributed by atoms with Crippen LogP contribution < -0.4 is 10.6 Å². The zero-order valence-electron chi connectivity index (χ0n) is 9.67. The molecule has 0 saturated carbocycles. The minimum Gasteiger partial charge on any atom is -0.459 e. The molecule has 0 spiro atoms. The predicted octanol–water partition coefficient (Wildman–Crippen LogP) is 2.02. The van der Waals surface area contributed by atoms with Crippen LogP contribution in [0, 0.1) is 5.82 Å². The van der Waals surface area contributed by atoms with Crippen molar-refractivity contribution in [2.24, 2.45) is 5.73 Å². The molecule has 0 unspecified atom stereocenters. The minimum absolute atomic E-state index is 0.229. The van der Waals surface area contributed by atoms with Crippen LogP contribution in [0.4, 0.5) is 10.1 Å². The Morgan fingerprint density at radius 2 is 2.00 bits per heavy atom. The summed E-state index contributed by atoms with van der Waals surface area (Å²) in [4.78, 5) is 13.6. The fraction of sp³-hybridized carbons (Fsp3) is 0.154. The summed E-state index contributed by atoms with van der Waals surface area (Å²) in [5, 5.41) is 0. The highest BCUT2D eigenvalue weighted by molar-refractivity contribution is 6.04. The Kier molecular flexibility index (Phi) is 3.74. The van der Waals surface area contributed by atoms with Crippen LogP contribution >= 0.6 is 0 Å². The molecule has 5 heteroatoms. The summed E-state index contributed by atoms with van der Waals surface area (Å²) >= 11 is 0. The number of carbonyl (C=O) groups is 1. The topological polar surface area (TPSA) is 59.5 Å². The van der Waals surface area contributed by atoms with Gasteiger partial charge in [0.2, 0.25) is 0 Å². The molecule has 0 saturated heterocycles. The number of hydrogen-bond donors (Lipinski definition) is 1. The Bertz CT molecular complexity index is 508. The lowest BCUT2D eigenvalue weighted by molar-refractivity contribution is 0.0961. The van der Waals surface area contributed by atoms with Crippen LogP contribution in [0.2, 0.25) is 0 Å². The average Bonchev–Trinajstić information content (AvgIpc) is 2.90. The van der Waals surface area contributed by atoms with Crippen molar-refractivity contribution < 1.29 is 13.6 Å². The first-order valence-corrected chi connectivity index (χ1v) is 5.53. The van der Waals surface area contributed by atoms with Crippen LogP contribution in [-0.2, 0) is 0 Å². The number of nitrogens with zero attached hydrogens (tertiary/aromatic N) is 1. The first-order valence-electron chi connectivity index (χ1n) is 5.53. The van der Waals surface area contributed by atoms with Crippen molar-refractivity contribution in [3.8, 4) is 0 Å². The van der Waals surface area contributed by atoms with E-state index < -0.39 is 0 Å². The van der Waals surface area contributed by atoms with Crippen molar-refractivity contribution in [1.82, 2.24) is 0 Å². The van der Waals surface area contributed by atoms with Gasteiger partial charge in [-0.05, 0) is 36.4 Å². The van der Waals surface area contributed by atoms with Gasteiger partial charge in [0.05, 0.1) is 6.26 Å². The number of rotatable bonds is 4. The summed E-state index contributed by atoms with van der Waals surface area (Å²) in [6.07, 6.45) is 1.43. The maximum Gasteiger partial charge on any atom is 0.293 e. The standard InChI is InChI=1S/C13H13FN2O2/c14-10-3-5-11(6-4-10)16(8-7-15)13(17)12-2-1-9-18-12/h1-6,9H,7-8,15H2. The van der Waals surface area contributed by atoms with Crippen LogP contribution in [0.3, 0.4) is 0 Å². The lowest BCUT2D eigenvalue weighted by Crippen LogP contribution is -2.35. The number of carbonyl (C=O) groups excluding carboxylic acids is 1. The first kappa shape index (κ1) is 12.3. The second-order valence-electron chi connectivity index (χ2n) is 3.70. The number of furan rings is 1. The molecule has 2 rings (SSSR count). The SMILES string of the molecule is NCCN(C(=O)c1ccco1)c1ccc(F)cc1. The van der Waals surface area contributed by atoms with Gasteiger partial charge in [0, 0.05) is 18.8 Å². The van der Waals surface area contributed by atoms with Crippen LogP contribution in [-0.4, -0.2) is 19.0 Å². The molecule has 2 N–H and O–H groups in total. The zero-order chi connectivity index (χ0) is 13.0. The molecule has 1 aromatic heterocycles. The predicted molar refractivity (Wildman–Crippen MR) is 65.8 cm³/mol. The summed E-state index contributed by atoms with van der Waals surface area (Å²) < 4.78 is 17.9. The van der Waals surface area contributed by atoms with Gasteiger partial charge in [-0.3, -0.25) is 4.79 Å². The Morgan fingerprint density at radius 3 is 2.56 bits per heavy atom. The van der Waals surface area contributed by atoms with Crippen molar-refractivity contribution in [1.29, 1.82) is 0 Å². The molecule has 94 valence electrons. The highest BCUT2D eigenvalue weighted by atomic mass is 19.1. The van der Waals surface area contributed by atoms with E-state index in [0.717, 1.165) is 0 Å². The highest BCUT2D eigenvalue weighted by Crippen LogP contribution is 2.17. The number of hydrogen-bond acceptors (Lipinski definition) is 3. The zero-order valence-corrected chi connectivity index (χ0v) is 9.67. The molecule has 4 nitrogen and oxygen atoms in total. The normalized spacial score (nSPS) is 10.3. The van der Waals surface area contributed by atoms with Gasteiger partial charge in [0.25, 0.3) is 5.91 Å². The third-order valence-corrected chi connectivity index (χ3v) is 2.47. The van der Waals surface area contributed by atoms with E-state index in [0.29, 0.717) is 18.8 Å². The second kappa shape index (κ2) is 5.46. The van der Waals surface area contributed by atoms with E-state index in [4.69, 9.17) is 10.2 Å². The fourth-order valence-corrected chi connectivity index (χ4v) is 1.63. The summed E-state index contributed by atoms with van der Waals surface area (Å²) in [7, 11) is 0. The largest absolute Gasteiger partial charge is 0.459 e. The molecule has 0 atom stereocenters. The van der Waals surface area contributed by atoms with E-state index >= 15 is 0 Å². The first-order chi connectivity index (χ1) is 8.72. The summed E-state index contributed by atoms with van der Waals surface area (Å²) in [6.45, 7) is 0.648. The van der Waals surface area contributed by atoms with Gasteiger partial charge >= 0.3 is 0 Å². The molecule has 0 aliphatic heterocycles. The van der Waals surface area contributed by atoms with E-state index in [1.54, 1.807) is 12.1 Å². The minimum atomic E-state index is -0.350. The third kappa shape index (κ3) is 2.57. The number of anilines is 1. The fourth-order valence-electron chi connectivity index (χ4n) is 1.63. The van der Waals surface area contributed by atoms with Gasteiger partial charge in [0.1, 0.15) is 5.82 Å². The summed E-state index contributed by atoms with van der Waals surface area (Å²) in [5.41, 5.74) is 6.08. The molecule has 1 amide bonds. The Balaban J connectivity index is 2.28. The maximum atomic E-state index is 12.9. The van der Waals surface area contributed by atoms with Gasteiger partial charge < -0.3 is 15.1 Å². The van der Waals surface area contributed by atoms with Crippen molar-refractivity contribution in [3.63, 3.8) is 0 Å². The molecule has 18 heavy (non-hydrogen) atoms. The van der Waals surface area contributed by atoms with E-state index in [1.807, 2.05) is 0 Å². The van der Waals surface area contributed by atoms with Crippen molar-refractivity contribution in [2.75, 3.05) is 18.0 Å². The van der Waals surface area contributed by atoms with Gasteiger partial charge in [-0.1, -0.05) is 0 Å². The molecule has 1 aromatic carbocycles. The Hall–Kier alpha value is -2.14. The molecule has 0 aliphatic carbocycles. The van der Waals surface area contributed by atoms with E-state index in [9.17, 15) is 9.18 Å². The van der Waals surface area contributed by atoms with Crippen LogP contribution in [0.5, 0.6) is 0 Å². The van der Waals surface area contributed by atoms with Crippen molar-refractivity contribution in [3.05, 3.63) is 54.2 Å². The van der Waals surface area contributed by atoms with E-state index in [2.05, 4.69) is 0 Å². The monoisotopic (exact) mass is 248 g/mol. The second-order valence-corrected chi connectivity index (χ2v) is 3.70. The number of halogens is 1. The molecular weight excluding hydrogens is 235 g/mol. The van der Waals surface area contributed by atoms with Crippen LogP contribution in [0.15, 0.2) is 47.1 Å². The summed E-state index contributed by atoms with van der Waals surface area (Å²) in [5.74, 6) is -0.415.